The molecule has 76 heavy (non-hydrogen) atoms. The molecule has 9 aromatic rings. The van der Waals surface area contributed by atoms with E-state index in [1.807, 2.05) is 6.20 Å². The molecule has 1 aliphatic rings. The van der Waals surface area contributed by atoms with Gasteiger partial charge in [0.15, 0.2) is 0 Å². The Morgan fingerprint density at radius 1 is 0.355 bits per heavy atom. The van der Waals surface area contributed by atoms with E-state index >= 15 is 0 Å². The first-order valence-electron chi connectivity index (χ1n) is 27.3. The number of pyridine rings is 1. The Hall–Kier alpha value is -7.37. The molecule has 5 heteroatoms. The molecule has 7 aromatic carbocycles. The van der Waals surface area contributed by atoms with Crippen molar-refractivity contribution in [3.8, 4) is 17.3 Å². The summed E-state index contributed by atoms with van der Waals surface area (Å²) in [6.45, 7) is 35.5. The van der Waals surface area contributed by atoms with Crippen LogP contribution < -0.4 is 14.5 Å². The van der Waals surface area contributed by atoms with E-state index in [2.05, 4.69) is 300 Å². The molecule has 0 saturated carbocycles. The van der Waals surface area contributed by atoms with Crippen molar-refractivity contribution < 1.29 is 4.74 Å². The molecule has 1 aliphatic heterocycles. The minimum atomic E-state index is -0.426. The van der Waals surface area contributed by atoms with Crippen molar-refractivity contribution in [3.63, 3.8) is 0 Å². The smallest absolute Gasteiger partial charge is 0.137 e. The first-order valence-corrected chi connectivity index (χ1v) is 27.3. The highest BCUT2D eigenvalue weighted by Gasteiger charge is 2.46. The van der Waals surface area contributed by atoms with Crippen molar-refractivity contribution >= 4 is 33.2 Å². The number of allylic oxidation sites excluding steroid dienone is 2. The third kappa shape index (κ3) is 9.63. The molecule has 0 amide bonds. The molecule has 0 spiro atoms. The zero-order valence-electron chi connectivity index (χ0n) is 47.8. The highest BCUT2D eigenvalue weighted by atomic mass is 16.5. The van der Waals surface area contributed by atoms with Crippen LogP contribution >= 0.6 is 0 Å². The lowest BCUT2D eigenvalue weighted by molar-refractivity contribution is 0.479. The van der Waals surface area contributed by atoms with E-state index in [0.717, 1.165) is 39.4 Å². The molecule has 0 fully saturated rings. The summed E-state index contributed by atoms with van der Waals surface area (Å²) in [6.07, 6.45) is 1.96. The Morgan fingerprint density at radius 2 is 0.868 bits per heavy atom. The maximum absolute atomic E-state index is 7.27. The molecular weight excluding hydrogens is 925 g/mol. The van der Waals surface area contributed by atoms with E-state index in [0.29, 0.717) is 6.67 Å². The molecule has 0 saturated heterocycles. The predicted octanol–water partition coefficient (Wildman–Crippen LogP) is 18.6. The van der Waals surface area contributed by atoms with Crippen LogP contribution in [0.3, 0.4) is 0 Å². The van der Waals surface area contributed by atoms with Crippen LogP contribution in [0.2, 0.25) is 0 Å². The average molecular weight is 1000 g/mol. The van der Waals surface area contributed by atoms with Crippen LogP contribution in [0.4, 0.5) is 11.4 Å². The lowest BCUT2D eigenvalue weighted by Crippen LogP contribution is -2.35. The number of hydrogen-bond acceptors (Lipinski definition) is 4. The SMILES string of the molecule is CC(C)(C)c1cccc(N2CN(c3cc(Oc4ccc5c6cc(C(C)(C)C)ccc6n(-c6cc(C(C)(C)c7ccccc7)ccn6)c5c4)cc(C(C)(C)C)c3)C(C(C)(C)c3ccccc3)=C2C(C)(C)c2ccccc2)c1. The highest BCUT2D eigenvalue weighted by Crippen LogP contribution is 2.51. The van der Waals surface area contributed by atoms with Crippen molar-refractivity contribution in [2.75, 3.05) is 16.5 Å². The summed E-state index contributed by atoms with van der Waals surface area (Å²) >= 11 is 0. The van der Waals surface area contributed by atoms with E-state index < -0.39 is 10.8 Å². The van der Waals surface area contributed by atoms with Gasteiger partial charge in [0.05, 0.1) is 29.1 Å². The third-order valence-electron chi connectivity index (χ3n) is 16.3. The lowest BCUT2D eigenvalue weighted by Gasteiger charge is -2.38. The molecule has 2 aromatic heterocycles. The molecular formula is C71H78N4O. The second-order valence-electron chi connectivity index (χ2n) is 25.9. The summed E-state index contributed by atoms with van der Waals surface area (Å²) in [4.78, 5) is 10.3. The van der Waals surface area contributed by atoms with Crippen molar-refractivity contribution in [2.45, 2.75) is 136 Å². The van der Waals surface area contributed by atoms with E-state index in [9.17, 15) is 0 Å². The Morgan fingerprint density at radius 3 is 1.43 bits per heavy atom. The van der Waals surface area contributed by atoms with Gasteiger partial charge in [0.1, 0.15) is 17.3 Å². The zero-order valence-corrected chi connectivity index (χ0v) is 47.8. The molecule has 388 valence electrons. The van der Waals surface area contributed by atoms with Crippen LogP contribution in [0.5, 0.6) is 11.5 Å². The zero-order chi connectivity index (χ0) is 54.2. The van der Waals surface area contributed by atoms with Crippen LogP contribution in [0.15, 0.2) is 200 Å². The lowest BCUT2D eigenvalue weighted by atomic mass is 9.73. The van der Waals surface area contributed by atoms with Gasteiger partial charge in [0.2, 0.25) is 0 Å². The van der Waals surface area contributed by atoms with Gasteiger partial charge in [-0.15, -0.1) is 0 Å². The average Bonchev–Trinajstić information content (AvgIpc) is 3.97. The summed E-state index contributed by atoms with van der Waals surface area (Å²) in [5, 5.41) is 2.35. The fraction of sp³-hybridized carbons (Fsp3) is 0.310. The summed E-state index contributed by atoms with van der Waals surface area (Å²) in [5.41, 5.74) is 14.4. The normalized spacial score (nSPS) is 14.1. The number of anilines is 2. The fourth-order valence-corrected chi connectivity index (χ4v) is 11.4. The van der Waals surface area contributed by atoms with Crippen molar-refractivity contribution in [3.05, 3.63) is 239 Å². The van der Waals surface area contributed by atoms with Gasteiger partial charge in [0.25, 0.3) is 0 Å². The number of fused-ring (bicyclic) bond motifs is 3. The Balaban J connectivity index is 1.16. The second kappa shape index (κ2) is 19.0. The van der Waals surface area contributed by atoms with Crippen LogP contribution in [0.1, 0.15) is 143 Å². The number of rotatable bonds is 11. The summed E-state index contributed by atoms with van der Waals surface area (Å²) in [5.74, 6) is 2.43. The molecule has 5 nitrogen and oxygen atoms in total. The van der Waals surface area contributed by atoms with Gasteiger partial charge in [-0.2, -0.15) is 0 Å². The number of ether oxygens (including phenoxy) is 1. The first kappa shape index (κ1) is 52.1. The van der Waals surface area contributed by atoms with Gasteiger partial charge < -0.3 is 14.5 Å². The number of aromatic nitrogens is 2. The van der Waals surface area contributed by atoms with Crippen molar-refractivity contribution in [1.82, 2.24) is 9.55 Å². The van der Waals surface area contributed by atoms with Gasteiger partial charge in [-0.25, -0.2) is 4.98 Å². The maximum Gasteiger partial charge on any atom is 0.137 e. The number of benzene rings is 7. The second-order valence-corrected chi connectivity index (χ2v) is 25.9. The molecule has 0 N–H and O–H groups in total. The van der Waals surface area contributed by atoms with Crippen LogP contribution in [0.25, 0.3) is 27.6 Å². The number of hydrogen-bond donors (Lipinski definition) is 0. The summed E-state index contributed by atoms with van der Waals surface area (Å²) in [7, 11) is 0. The monoisotopic (exact) mass is 1000 g/mol. The maximum atomic E-state index is 7.27. The Labute approximate surface area is 453 Å². The number of nitrogens with zero attached hydrogens (tertiary/aromatic N) is 4. The largest absolute Gasteiger partial charge is 0.457 e. The van der Waals surface area contributed by atoms with Gasteiger partial charge in [-0.1, -0.05) is 213 Å². The quantitative estimate of drug-likeness (QED) is 0.129. The molecule has 10 rings (SSSR count). The van der Waals surface area contributed by atoms with Crippen LogP contribution in [-0.2, 0) is 32.5 Å². The standard InChI is InChI=1S/C71H78N4O/c1-66(2,3)51-32-25-33-55(40-51)73-47-74(65(71(14,15)50-30-23-18-24-31-50)64(73)70(12,13)49-28-21-17-22-29-49)56-41-54(68(7,8)9)42-58(45-56)76-57-35-36-59-60-43-52(67(4,5)6)34-37-61(60)75(62(59)46-57)63-44-53(38-39-72-63)69(10,11)48-26-19-16-20-27-48/h16-46H,47H2,1-15H3. The van der Waals surface area contributed by atoms with Gasteiger partial charge in [-0.05, 0) is 116 Å². The van der Waals surface area contributed by atoms with Crippen molar-refractivity contribution in [2.24, 2.45) is 0 Å². The summed E-state index contributed by atoms with van der Waals surface area (Å²) in [6, 6.07) is 67.0. The Bertz CT molecular complexity index is 3610. The van der Waals surface area contributed by atoms with Gasteiger partial charge in [0, 0.05) is 56.7 Å². The van der Waals surface area contributed by atoms with Gasteiger partial charge in [-0.3, -0.25) is 4.57 Å². The predicted molar refractivity (Wildman–Crippen MR) is 322 cm³/mol. The molecule has 0 radical (unpaired) electrons. The van der Waals surface area contributed by atoms with E-state index in [1.165, 1.54) is 61.4 Å². The molecule has 0 unspecified atom stereocenters. The minimum Gasteiger partial charge on any atom is -0.457 e. The minimum absolute atomic E-state index is 0.0222. The van der Waals surface area contributed by atoms with E-state index in [1.54, 1.807) is 0 Å². The van der Waals surface area contributed by atoms with E-state index in [4.69, 9.17) is 9.72 Å². The van der Waals surface area contributed by atoms with Crippen molar-refractivity contribution in [1.29, 1.82) is 0 Å². The molecule has 3 heterocycles. The summed E-state index contributed by atoms with van der Waals surface area (Å²) < 4.78 is 9.60. The highest BCUT2D eigenvalue weighted by molar-refractivity contribution is 6.10. The van der Waals surface area contributed by atoms with Gasteiger partial charge >= 0.3 is 0 Å². The van der Waals surface area contributed by atoms with Crippen LogP contribution in [-0.4, -0.2) is 16.2 Å². The first-order chi connectivity index (χ1) is 35.8. The molecule has 0 bridgehead atoms. The van der Waals surface area contributed by atoms with Crippen LogP contribution in [0, 0.1) is 0 Å². The van der Waals surface area contributed by atoms with E-state index in [-0.39, 0.29) is 21.7 Å². The third-order valence-corrected chi connectivity index (χ3v) is 16.3. The molecule has 0 atom stereocenters. The molecule has 0 aliphatic carbocycles. The Kier molecular flexibility index (Phi) is 13.0. The fourth-order valence-electron chi connectivity index (χ4n) is 11.4. The topological polar surface area (TPSA) is 33.5 Å².